The van der Waals surface area contributed by atoms with Crippen LogP contribution in [0.25, 0.3) is 0 Å². The van der Waals surface area contributed by atoms with E-state index in [1.165, 1.54) is 0 Å². The molecule has 6 nitrogen and oxygen atoms in total. The third-order valence-corrected chi connectivity index (χ3v) is 5.54. The van der Waals surface area contributed by atoms with Crippen molar-refractivity contribution in [2.45, 2.75) is 51.2 Å². The van der Waals surface area contributed by atoms with E-state index in [4.69, 9.17) is 5.73 Å². The van der Waals surface area contributed by atoms with Gasteiger partial charge in [0.2, 0.25) is 0 Å². The lowest BCUT2D eigenvalue weighted by Gasteiger charge is -2.28. The normalized spacial score (nSPS) is 26.5. The van der Waals surface area contributed by atoms with Gasteiger partial charge in [0.05, 0.1) is 28.7 Å². The molecule has 3 rings (SSSR count). The Morgan fingerprint density at radius 2 is 1.96 bits per heavy atom. The molecular formula is C19H30N4O2. The molecule has 1 unspecified atom stereocenters. The van der Waals surface area contributed by atoms with E-state index in [-0.39, 0.29) is 18.1 Å². The zero-order chi connectivity index (χ0) is 18.0. The number of nitrogens with zero attached hydrogens (tertiary/aromatic N) is 1. The molecule has 0 spiro atoms. The number of aliphatic hydroxyl groups is 1. The number of aliphatic hydroxyl groups excluding tert-OH is 1. The third kappa shape index (κ3) is 4.00. The van der Waals surface area contributed by atoms with Crippen molar-refractivity contribution in [3.63, 3.8) is 0 Å². The number of nitrogens with two attached hydrogens (primary N) is 1. The van der Waals surface area contributed by atoms with E-state index in [0.29, 0.717) is 17.8 Å². The van der Waals surface area contributed by atoms with Gasteiger partial charge in [-0.2, -0.15) is 0 Å². The predicted molar refractivity (Wildman–Crippen MR) is 102 cm³/mol. The summed E-state index contributed by atoms with van der Waals surface area (Å²) in [6.45, 7) is 3.57. The Balaban J connectivity index is 1.83. The fourth-order valence-electron chi connectivity index (χ4n) is 3.89. The maximum atomic E-state index is 12.9. The molecule has 0 radical (unpaired) electrons. The minimum atomic E-state index is -0.341. The predicted octanol–water partition coefficient (Wildman–Crippen LogP) is 2.19. The molecule has 6 heteroatoms. The van der Waals surface area contributed by atoms with Crippen LogP contribution < -0.4 is 21.3 Å². The Morgan fingerprint density at radius 1 is 1.24 bits per heavy atom. The number of anilines is 3. The van der Waals surface area contributed by atoms with Gasteiger partial charge in [-0.1, -0.05) is 6.92 Å². The smallest absolute Gasteiger partial charge is 0.253 e. The Labute approximate surface area is 149 Å². The van der Waals surface area contributed by atoms with Gasteiger partial charge in [-0.15, -0.1) is 0 Å². The molecule has 2 fully saturated rings. The van der Waals surface area contributed by atoms with Crippen molar-refractivity contribution in [3.05, 3.63) is 17.7 Å². The topological polar surface area (TPSA) is 90.6 Å². The molecule has 1 aromatic carbocycles. The number of nitrogen functional groups attached to an aromatic ring is 1. The number of β-amino-alcohol motifs (C(OH)–C–C–N with tert-alkyl or cyclic N) is 1. The van der Waals surface area contributed by atoms with E-state index >= 15 is 0 Å². The van der Waals surface area contributed by atoms with Crippen molar-refractivity contribution >= 4 is 23.0 Å². The molecular weight excluding hydrogens is 316 g/mol. The summed E-state index contributed by atoms with van der Waals surface area (Å²) in [6, 6.07) is 3.92. The largest absolute Gasteiger partial charge is 0.397 e. The van der Waals surface area contributed by atoms with Crippen LogP contribution in [0.15, 0.2) is 12.1 Å². The first-order valence-electron chi connectivity index (χ1n) is 9.33. The van der Waals surface area contributed by atoms with Gasteiger partial charge in [-0.3, -0.25) is 4.79 Å². The summed E-state index contributed by atoms with van der Waals surface area (Å²) in [4.78, 5) is 15.0. The number of nitrogens with one attached hydrogen (secondary N) is 2. The second-order valence-corrected chi connectivity index (χ2v) is 7.53. The quantitative estimate of drug-likeness (QED) is 0.628. The minimum Gasteiger partial charge on any atom is -0.397 e. The SMILES string of the molecule is CNc1cc(N2CCC(O)C2)c(C(=O)N[C@H]2CC[C@H](C)CC2)cc1N. The minimum absolute atomic E-state index is 0.0645. The van der Waals surface area contributed by atoms with E-state index in [1.807, 2.05) is 13.1 Å². The third-order valence-electron chi connectivity index (χ3n) is 5.54. The molecule has 1 atom stereocenters. The highest BCUT2D eigenvalue weighted by atomic mass is 16.3. The van der Waals surface area contributed by atoms with Crippen LogP contribution in [-0.4, -0.2) is 43.3 Å². The zero-order valence-electron chi connectivity index (χ0n) is 15.2. The summed E-state index contributed by atoms with van der Waals surface area (Å²) in [7, 11) is 1.82. The van der Waals surface area contributed by atoms with Crippen molar-refractivity contribution in [1.29, 1.82) is 0 Å². The molecule has 138 valence electrons. The Kier molecular flexibility index (Phi) is 5.37. The van der Waals surface area contributed by atoms with Crippen molar-refractivity contribution in [3.8, 4) is 0 Å². The lowest BCUT2D eigenvalue weighted by atomic mass is 9.87. The van der Waals surface area contributed by atoms with Gasteiger partial charge in [0.15, 0.2) is 0 Å². The van der Waals surface area contributed by atoms with Crippen LogP contribution in [0, 0.1) is 5.92 Å². The summed E-state index contributed by atoms with van der Waals surface area (Å²) >= 11 is 0. The molecule has 0 aromatic heterocycles. The maximum Gasteiger partial charge on any atom is 0.253 e. The molecule has 1 saturated heterocycles. The Hall–Kier alpha value is -1.95. The number of hydrogen-bond donors (Lipinski definition) is 4. The molecule has 2 aliphatic rings. The van der Waals surface area contributed by atoms with Crippen molar-refractivity contribution < 1.29 is 9.90 Å². The van der Waals surface area contributed by atoms with Crippen LogP contribution in [0.1, 0.15) is 49.4 Å². The number of hydrogen-bond acceptors (Lipinski definition) is 5. The molecule has 1 aliphatic heterocycles. The summed E-state index contributed by atoms with van der Waals surface area (Å²) in [6.07, 6.45) is 4.78. The van der Waals surface area contributed by atoms with Crippen LogP contribution in [0.5, 0.6) is 0 Å². The number of carbonyl (C=O) groups is 1. The van der Waals surface area contributed by atoms with Gasteiger partial charge >= 0.3 is 0 Å². The monoisotopic (exact) mass is 346 g/mol. The van der Waals surface area contributed by atoms with Gasteiger partial charge in [0.1, 0.15) is 0 Å². The van der Waals surface area contributed by atoms with Crippen LogP contribution in [0.2, 0.25) is 0 Å². The van der Waals surface area contributed by atoms with Gasteiger partial charge < -0.3 is 26.4 Å². The highest BCUT2D eigenvalue weighted by Gasteiger charge is 2.27. The lowest BCUT2D eigenvalue weighted by Crippen LogP contribution is -2.38. The molecule has 1 amide bonds. The van der Waals surface area contributed by atoms with E-state index in [0.717, 1.165) is 55.9 Å². The molecule has 1 aliphatic carbocycles. The first-order chi connectivity index (χ1) is 12.0. The molecule has 1 heterocycles. The van der Waals surface area contributed by atoms with Crippen molar-refractivity contribution in [2.75, 3.05) is 36.1 Å². The first kappa shape index (κ1) is 17.9. The van der Waals surface area contributed by atoms with Crippen LogP contribution in [0.3, 0.4) is 0 Å². The maximum absolute atomic E-state index is 12.9. The van der Waals surface area contributed by atoms with E-state index in [9.17, 15) is 9.90 Å². The lowest BCUT2D eigenvalue weighted by molar-refractivity contribution is 0.0923. The van der Waals surface area contributed by atoms with Gasteiger partial charge in [0.25, 0.3) is 5.91 Å². The van der Waals surface area contributed by atoms with Gasteiger partial charge in [-0.25, -0.2) is 0 Å². The second-order valence-electron chi connectivity index (χ2n) is 7.53. The molecule has 1 aromatic rings. The van der Waals surface area contributed by atoms with Gasteiger partial charge in [0, 0.05) is 26.2 Å². The van der Waals surface area contributed by atoms with Crippen molar-refractivity contribution in [1.82, 2.24) is 5.32 Å². The fraction of sp³-hybridized carbons (Fsp3) is 0.632. The summed E-state index contributed by atoms with van der Waals surface area (Å²) < 4.78 is 0. The van der Waals surface area contributed by atoms with Crippen LogP contribution in [0.4, 0.5) is 17.1 Å². The average molecular weight is 346 g/mol. The van der Waals surface area contributed by atoms with E-state index in [1.54, 1.807) is 6.07 Å². The number of amides is 1. The average Bonchev–Trinajstić information content (AvgIpc) is 3.03. The summed E-state index contributed by atoms with van der Waals surface area (Å²) in [5, 5.41) is 16.1. The molecule has 5 N–H and O–H groups in total. The molecule has 25 heavy (non-hydrogen) atoms. The molecule has 0 bridgehead atoms. The Morgan fingerprint density at radius 3 is 2.56 bits per heavy atom. The molecule has 1 saturated carbocycles. The summed E-state index contributed by atoms with van der Waals surface area (Å²) in [5.41, 5.74) is 8.92. The van der Waals surface area contributed by atoms with E-state index in [2.05, 4.69) is 22.5 Å². The number of rotatable bonds is 4. The highest BCUT2D eigenvalue weighted by Crippen LogP contribution is 2.33. The van der Waals surface area contributed by atoms with Crippen molar-refractivity contribution in [2.24, 2.45) is 5.92 Å². The van der Waals surface area contributed by atoms with Crippen LogP contribution >= 0.6 is 0 Å². The number of carbonyl (C=O) groups excluding carboxylic acids is 1. The van der Waals surface area contributed by atoms with Gasteiger partial charge in [-0.05, 0) is 50.2 Å². The standard InChI is InChI=1S/C19H30N4O2/c1-12-3-5-13(6-4-12)22-19(25)15-9-16(20)17(21-2)10-18(15)23-8-7-14(24)11-23/h9-10,12-14,21,24H,3-8,11,20H2,1-2H3,(H,22,25)/t12-,13-,14?. The Bertz CT molecular complexity index is 626. The summed E-state index contributed by atoms with van der Waals surface area (Å²) in [5.74, 6) is 0.686. The highest BCUT2D eigenvalue weighted by molar-refractivity contribution is 6.02. The number of benzene rings is 1. The fourth-order valence-corrected chi connectivity index (χ4v) is 3.89. The van der Waals surface area contributed by atoms with E-state index < -0.39 is 0 Å². The second kappa shape index (κ2) is 7.52. The first-order valence-corrected chi connectivity index (χ1v) is 9.33. The zero-order valence-corrected chi connectivity index (χ0v) is 15.2. The van der Waals surface area contributed by atoms with Crippen LogP contribution in [-0.2, 0) is 0 Å².